The molecular formula is C13H21N3. The molecular weight excluding hydrogens is 198 g/mol. The van der Waals surface area contributed by atoms with Crippen molar-refractivity contribution in [1.29, 1.82) is 0 Å². The lowest BCUT2D eigenvalue weighted by Crippen LogP contribution is -2.49. The van der Waals surface area contributed by atoms with Gasteiger partial charge in [-0.2, -0.15) is 0 Å². The summed E-state index contributed by atoms with van der Waals surface area (Å²) in [4.78, 5) is 6.72. The molecule has 2 N–H and O–H groups in total. The monoisotopic (exact) mass is 219 g/mol. The maximum atomic E-state index is 5.87. The van der Waals surface area contributed by atoms with E-state index in [1.165, 1.54) is 24.9 Å². The summed E-state index contributed by atoms with van der Waals surface area (Å²) in [5.41, 5.74) is 8.22. The average Bonchev–Trinajstić information content (AvgIpc) is 2.28. The van der Waals surface area contributed by atoms with E-state index in [1.807, 2.05) is 13.1 Å². The molecule has 3 heteroatoms. The number of hydrogen-bond acceptors (Lipinski definition) is 3. The molecule has 1 fully saturated rings. The minimum Gasteiger partial charge on any atom is -0.364 e. The van der Waals surface area contributed by atoms with Crippen LogP contribution in [0.5, 0.6) is 0 Å². The van der Waals surface area contributed by atoms with Crippen LogP contribution in [0.25, 0.3) is 0 Å². The number of piperidine rings is 1. The van der Waals surface area contributed by atoms with Crippen molar-refractivity contribution in [3.63, 3.8) is 0 Å². The van der Waals surface area contributed by atoms with Crippen LogP contribution in [0.4, 0.5) is 5.69 Å². The quantitative estimate of drug-likeness (QED) is 0.828. The molecule has 2 rings (SSSR count). The Balaban J connectivity index is 2.28. The highest BCUT2D eigenvalue weighted by Crippen LogP contribution is 2.28. The minimum atomic E-state index is 0.491. The van der Waals surface area contributed by atoms with Gasteiger partial charge in [-0.15, -0.1) is 0 Å². The molecule has 0 spiro atoms. The summed E-state index contributed by atoms with van der Waals surface area (Å²) in [6.07, 6.45) is 5.66. The van der Waals surface area contributed by atoms with E-state index in [1.54, 1.807) is 0 Å². The van der Waals surface area contributed by atoms with E-state index in [4.69, 9.17) is 5.73 Å². The van der Waals surface area contributed by atoms with Crippen molar-refractivity contribution in [1.82, 2.24) is 4.98 Å². The van der Waals surface area contributed by atoms with Gasteiger partial charge in [-0.3, -0.25) is 4.98 Å². The summed E-state index contributed by atoms with van der Waals surface area (Å²) in [5, 5.41) is 0. The standard InChI is InChI=1S/C13H21N3/c1-10-8-12(6-7-15-10)16-11(2)4-3-5-13(16)9-14/h6-8,11,13H,3-5,9,14H2,1-2H3. The van der Waals surface area contributed by atoms with Gasteiger partial charge in [-0.05, 0) is 45.2 Å². The molecule has 3 nitrogen and oxygen atoms in total. The van der Waals surface area contributed by atoms with Gasteiger partial charge in [-0.1, -0.05) is 0 Å². The summed E-state index contributed by atoms with van der Waals surface area (Å²) in [6, 6.07) is 5.33. The Morgan fingerprint density at radius 2 is 2.31 bits per heavy atom. The number of aromatic nitrogens is 1. The molecule has 2 heterocycles. The SMILES string of the molecule is Cc1cc(N2C(C)CCCC2CN)ccn1. The first-order chi connectivity index (χ1) is 7.72. The molecule has 16 heavy (non-hydrogen) atoms. The third-order valence-electron chi connectivity index (χ3n) is 3.48. The fourth-order valence-electron chi connectivity index (χ4n) is 2.67. The molecule has 1 aromatic rings. The first kappa shape index (κ1) is 11.4. The number of pyridine rings is 1. The van der Waals surface area contributed by atoms with Crippen LogP contribution < -0.4 is 10.6 Å². The van der Waals surface area contributed by atoms with Crippen LogP contribution in [0.15, 0.2) is 18.3 Å². The molecule has 0 aliphatic carbocycles. The van der Waals surface area contributed by atoms with Gasteiger partial charge in [0, 0.05) is 36.2 Å². The molecule has 88 valence electrons. The van der Waals surface area contributed by atoms with E-state index >= 15 is 0 Å². The van der Waals surface area contributed by atoms with E-state index in [0.29, 0.717) is 12.1 Å². The van der Waals surface area contributed by atoms with Gasteiger partial charge in [0.2, 0.25) is 0 Å². The van der Waals surface area contributed by atoms with Gasteiger partial charge in [-0.25, -0.2) is 0 Å². The highest BCUT2D eigenvalue weighted by atomic mass is 15.2. The van der Waals surface area contributed by atoms with E-state index in [0.717, 1.165) is 12.2 Å². The lowest BCUT2D eigenvalue weighted by atomic mass is 9.95. The topological polar surface area (TPSA) is 42.1 Å². The normalized spacial score (nSPS) is 25.8. The molecule has 0 amide bonds. The number of hydrogen-bond donors (Lipinski definition) is 1. The minimum absolute atomic E-state index is 0.491. The van der Waals surface area contributed by atoms with Crippen LogP contribution in [0, 0.1) is 6.92 Å². The second kappa shape index (κ2) is 4.83. The summed E-state index contributed by atoms with van der Waals surface area (Å²) < 4.78 is 0. The second-order valence-corrected chi connectivity index (χ2v) is 4.73. The van der Waals surface area contributed by atoms with E-state index in [9.17, 15) is 0 Å². The van der Waals surface area contributed by atoms with Gasteiger partial charge in [0.25, 0.3) is 0 Å². The van der Waals surface area contributed by atoms with Crippen molar-refractivity contribution >= 4 is 5.69 Å². The molecule has 0 saturated carbocycles. The molecule has 0 radical (unpaired) electrons. The van der Waals surface area contributed by atoms with Gasteiger partial charge in [0.15, 0.2) is 0 Å². The molecule has 2 unspecified atom stereocenters. The highest BCUT2D eigenvalue weighted by Gasteiger charge is 2.26. The zero-order chi connectivity index (χ0) is 11.5. The summed E-state index contributed by atoms with van der Waals surface area (Å²) in [5.74, 6) is 0. The smallest absolute Gasteiger partial charge is 0.0415 e. The Hall–Kier alpha value is -1.09. The third-order valence-corrected chi connectivity index (χ3v) is 3.48. The van der Waals surface area contributed by atoms with Crippen molar-refractivity contribution in [2.24, 2.45) is 5.73 Å². The summed E-state index contributed by atoms with van der Waals surface area (Å²) in [6.45, 7) is 5.07. The predicted octanol–water partition coefficient (Wildman–Crippen LogP) is 2.10. The van der Waals surface area contributed by atoms with Gasteiger partial charge >= 0.3 is 0 Å². The lowest BCUT2D eigenvalue weighted by molar-refractivity contribution is 0.400. The van der Waals surface area contributed by atoms with Crippen LogP contribution in [0.2, 0.25) is 0 Å². The fraction of sp³-hybridized carbons (Fsp3) is 0.615. The van der Waals surface area contributed by atoms with E-state index < -0.39 is 0 Å². The zero-order valence-corrected chi connectivity index (χ0v) is 10.2. The van der Waals surface area contributed by atoms with Crippen LogP contribution in [-0.4, -0.2) is 23.6 Å². The van der Waals surface area contributed by atoms with Crippen molar-refractivity contribution in [3.8, 4) is 0 Å². The Labute approximate surface area is 97.7 Å². The summed E-state index contributed by atoms with van der Waals surface area (Å²) >= 11 is 0. The van der Waals surface area contributed by atoms with Gasteiger partial charge < -0.3 is 10.6 Å². The number of rotatable bonds is 2. The van der Waals surface area contributed by atoms with Crippen molar-refractivity contribution in [3.05, 3.63) is 24.0 Å². The van der Waals surface area contributed by atoms with Gasteiger partial charge in [0.05, 0.1) is 0 Å². The summed E-state index contributed by atoms with van der Waals surface area (Å²) in [7, 11) is 0. The Bertz CT molecular complexity index is 351. The van der Waals surface area contributed by atoms with Crippen LogP contribution >= 0.6 is 0 Å². The van der Waals surface area contributed by atoms with Crippen LogP contribution in [-0.2, 0) is 0 Å². The predicted molar refractivity (Wildman–Crippen MR) is 67.6 cm³/mol. The maximum Gasteiger partial charge on any atom is 0.0415 e. The first-order valence-corrected chi connectivity index (χ1v) is 6.13. The van der Waals surface area contributed by atoms with Crippen molar-refractivity contribution < 1.29 is 0 Å². The molecule has 2 atom stereocenters. The molecule has 0 bridgehead atoms. The van der Waals surface area contributed by atoms with E-state index in [-0.39, 0.29) is 0 Å². The second-order valence-electron chi connectivity index (χ2n) is 4.73. The maximum absolute atomic E-state index is 5.87. The number of nitrogens with two attached hydrogens (primary N) is 1. The Morgan fingerprint density at radius 1 is 1.50 bits per heavy atom. The molecule has 1 aromatic heterocycles. The largest absolute Gasteiger partial charge is 0.364 e. The van der Waals surface area contributed by atoms with Crippen LogP contribution in [0.1, 0.15) is 31.9 Å². The molecule has 0 aromatic carbocycles. The number of aryl methyl sites for hydroxylation is 1. The Morgan fingerprint density at radius 3 is 3.00 bits per heavy atom. The van der Waals surface area contributed by atoms with Crippen molar-refractivity contribution in [2.75, 3.05) is 11.4 Å². The number of nitrogens with zero attached hydrogens (tertiary/aromatic N) is 2. The van der Waals surface area contributed by atoms with Crippen molar-refractivity contribution in [2.45, 2.75) is 45.2 Å². The number of anilines is 1. The molecule has 1 aliphatic heterocycles. The zero-order valence-electron chi connectivity index (χ0n) is 10.2. The average molecular weight is 219 g/mol. The van der Waals surface area contributed by atoms with E-state index in [2.05, 4.69) is 28.9 Å². The first-order valence-electron chi connectivity index (χ1n) is 6.13. The molecule has 1 saturated heterocycles. The fourth-order valence-corrected chi connectivity index (χ4v) is 2.67. The highest BCUT2D eigenvalue weighted by molar-refractivity contribution is 5.49. The molecule has 1 aliphatic rings. The third kappa shape index (κ3) is 2.19. The van der Waals surface area contributed by atoms with Crippen LogP contribution in [0.3, 0.4) is 0 Å². The Kier molecular flexibility index (Phi) is 3.44. The lowest BCUT2D eigenvalue weighted by Gasteiger charge is -2.42. The van der Waals surface area contributed by atoms with Gasteiger partial charge in [0.1, 0.15) is 0 Å².